The monoisotopic (exact) mass is 420 g/mol. The quantitative estimate of drug-likeness (QED) is 0.662. The molecule has 2 N–H and O–H groups in total. The highest BCUT2D eigenvalue weighted by molar-refractivity contribution is 6.34. The number of ether oxygens (including phenoxy) is 1. The minimum absolute atomic E-state index is 0.230. The minimum atomic E-state index is -0.330. The van der Waals surface area contributed by atoms with Crippen LogP contribution in [0, 0.1) is 0 Å². The van der Waals surface area contributed by atoms with Gasteiger partial charge < -0.3 is 15.4 Å². The van der Waals surface area contributed by atoms with Crippen molar-refractivity contribution in [1.82, 2.24) is 15.1 Å². The van der Waals surface area contributed by atoms with Crippen LogP contribution in [-0.2, 0) is 10.3 Å². The first-order valence-corrected chi connectivity index (χ1v) is 9.91. The Balaban J connectivity index is 2.17. The first kappa shape index (κ1) is 22.9. The summed E-state index contributed by atoms with van der Waals surface area (Å²) in [4.78, 5) is 24.9. The molecule has 0 bridgehead atoms. The number of anilines is 1. The van der Waals surface area contributed by atoms with E-state index in [-0.39, 0.29) is 28.3 Å². The molecule has 0 spiro atoms. The molecule has 0 aliphatic heterocycles. The van der Waals surface area contributed by atoms with Crippen LogP contribution in [-0.4, -0.2) is 41.9 Å². The van der Waals surface area contributed by atoms with Gasteiger partial charge in [0.25, 0.3) is 11.8 Å². The number of hydrogen-bond acceptors (Lipinski definition) is 4. The fourth-order valence-electron chi connectivity index (χ4n) is 2.79. The second kappa shape index (κ2) is 9.41. The average molecular weight is 421 g/mol. The molecule has 0 saturated carbocycles. The van der Waals surface area contributed by atoms with Crippen LogP contribution in [0.4, 0.5) is 5.69 Å². The maximum Gasteiger partial charge on any atom is 0.276 e. The third-order valence-electron chi connectivity index (χ3n) is 4.26. The minimum Gasteiger partial charge on any atom is -0.383 e. The number of rotatable bonds is 7. The van der Waals surface area contributed by atoms with E-state index in [2.05, 4.69) is 29.6 Å². The van der Waals surface area contributed by atoms with Crippen molar-refractivity contribution in [3.05, 3.63) is 46.2 Å². The second-order valence-corrected chi connectivity index (χ2v) is 8.50. The summed E-state index contributed by atoms with van der Waals surface area (Å²) in [6, 6.07) is 6.58. The first-order valence-electron chi connectivity index (χ1n) is 9.53. The Kier molecular flexibility index (Phi) is 7.43. The molecule has 1 aromatic carbocycles. The summed E-state index contributed by atoms with van der Waals surface area (Å²) in [6.45, 7) is 11.1. The van der Waals surface area contributed by atoms with Crippen molar-refractivity contribution in [1.29, 1.82) is 0 Å². The van der Waals surface area contributed by atoms with Crippen LogP contribution in [0.5, 0.6) is 0 Å². The predicted molar refractivity (Wildman–Crippen MR) is 115 cm³/mol. The van der Waals surface area contributed by atoms with Crippen molar-refractivity contribution in [2.45, 2.75) is 46.1 Å². The van der Waals surface area contributed by atoms with E-state index < -0.39 is 0 Å². The van der Waals surface area contributed by atoms with Crippen molar-refractivity contribution < 1.29 is 14.3 Å². The third kappa shape index (κ3) is 5.81. The third-order valence-corrected chi connectivity index (χ3v) is 4.57. The Bertz CT molecular complexity index is 885. The number of amides is 2. The lowest BCUT2D eigenvalue weighted by Crippen LogP contribution is -2.27. The summed E-state index contributed by atoms with van der Waals surface area (Å²) >= 11 is 6.23. The van der Waals surface area contributed by atoms with Crippen molar-refractivity contribution in [2.24, 2.45) is 0 Å². The molecule has 0 radical (unpaired) electrons. The summed E-state index contributed by atoms with van der Waals surface area (Å²) in [5.74, 6) is -0.396. The number of methoxy groups -OCH3 is 1. The van der Waals surface area contributed by atoms with Gasteiger partial charge in [-0.25, -0.2) is 0 Å². The molecule has 7 nitrogen and oxygen atoms in total. The Morgan fingerprint density at radius 3 is 2.41 bits per heavy atom. The largest absolute Gasteiger partial charge is 0.383 e. The maximum absolute atomic E-state index is 12.7. The number of halogens is 1. The van der Waals surface area contributed by atoms with Gasteiger partial charge in [-0.05, 0) is 51.0 Å². The number of hydrogen-bond donors (Lipinski definition) is 2. The van der Waals surface area contributed by atoms with E-state index in [0.717, 1.165) is 5.69 Å². The summed E-state index contributed by atoms with van der Waals surface area (Å²) in [6.07, 6.45) is 0. The molecule has 29 heavy (non-hydrogen) atoms. The van der Waals surface area contributed by atoms with E-state index in [1.807, 2.05) is 31.5 Å². The van der Waals surface area contributed by atoms with Crippen LogP contribution in [0.2, 0.25) is 5.02 Å². The molecule has 0 unspecified atom stereocenters. The van der Waals surface area contributed by atoms with Crippen LogP contribution in [0.25, 0.3) is 0 Å². The highest BCUT2D eigenvalue weighted by atomic mass is 35.5. The average Bonchev–Trinajstić information content (AvgIpc) is 3.08. The fourth-order valence-corrected chi connectivity index (χ4v) is 3.06. The molecule has 0 aliphatic carbocycles. The molecule has 0 saturated heterocycles. The zero-order chi connectivity index (χ0) is 21.8. The van der Waals surface area contributed by atoms with Crippen molar-refractivity contribution >= 4 is 29.1 Å². The van der Waals surface area contributed by atoms with Gasteiger partial charge >= 0.3 is 0 Å². The van der Waals surface area contributed by atoms with Crippen molar-refractivity contribution in [2.75, 3.05) is 25.6 Å². The SMILES string of the molecule is COCCNC(=O)c1ccc(NC(=O)c2cc(C(C)C)n(C(C)(C)C)n2)cc1Cl. The number of aromatic nitrogens is 2. The zero-order valence-electron chi connectivity index (χ0n) is 17.8. The molecule has 1 aromatic heterocycles. The Labute approximate surface area is 176 Å². The number of carbonyl (C=O) groups excluding carboxylic acids is 2. The lowest BCUT2D eigenvalue weighted by atomic mass is 10.1. The highest BCUT2D eigenvalue weighted by Gasteiger charge is 2.23. The lowest BCUT2D eigenvalue weighted by molar-refractivity contribution is 0.0936. The maximum atomic E-state index is 12.7. The van der Waals surface area contributed by atoms with Gasteiger partial charge in [0, 0.05) is 25.0 Å². The molecule has 0 fully saturated rings. The van der Waals surface area contributed by atoms with Gasteiger partial charge in [-0.15, -0.1) is 0 Å². The smallest absolute Gasteiger partial charge is 0.276 e. The highest BCUT2D eigenvalue weighted by Crippen LogP contribution is 2.25. The van der Waals surface area contributed by atoms with Crippen molar-refractivity contribution in [3.8, 4) is 0 Å². The van der Waals surface area contributed by atoms with Crippen LogP contribution < -0.4 is 10.6 Å². The van der Waals surface area contributed by atoms with E-state index in [9.17, 15) is 9.59 Å². The topological polar surface area (TPSA) is 85.3 Å². The Morgan fingerprint density at radius 2 is 1.90 bits per heavy atom. The molecule has 0 atom stereocenters. The van der Waals surface area contributed by atoms with Crippen molar-refractivity contribution in [3.63, 3.8) is 0 Å². The number of nitrogens with one attached hydrogen (secondary N) is 2. The van der Waals surface area contributed by atoms with Crippen LogP contribution in [0.15, 0.2) is 24.3 Å². The van der Waals surface area contributed by atoms with Gasteiger partial charge in [-0.3, -0.25) is 14.3 Å². The summed E-state index contributed by atoms with van der Waals surface area (Å²) in [5.41, 5.74) is 1.91. The summed E-state index contributed by atoms with van der Waals surface area (Å²) < 4.78 is 6.79. The van der Waals surface area contributed by atoms with E-state index in [0.29, 0.717) is 30.1 Å². The van der Waals surface area contributed by atoms with Crippen LogP contribution in [0.3, 0.4) is 0 Å². The zero-order valence-corrected chi connectivity index (χ0v) is 18.6. The molecule has 2 rings (SSSR count). The molecule has 2 amide bonds. The molecule has 1 heterocycles. The standard InChI is InChI=1S/C21H29ClN4O3/c1-13(2)18-12-17(25-26(18)21(3,4)5)20(28)24-14-7-8-15(16(22)11-14)19(27)23-9-10-29-6/h7-8,11-13H,9-10H2,1-6H3,(H,23,27)(H,24,28). The van der Waals surface area contributed by atoms with E-state index >= 15 is 0 Å². The predicted octanol–water partition coefficient (Wildman–Crippen LogP) is 4.04. The molecular formula is C21H29ClN4O3. The van der Waals surface area contributed by atoms with Gasteiger partial charge in [-0.1, -0.05) is 25.4 Å². The molecule has 8 heteroatoms. The summed E-state index contributed by atoms with van der Waals surface area (Å²) in [5, 5.41) is 10.3. The first-order chi connectivity index (χ1) is 13.5. The van der Waals surface area contributed by atoms with E-state index in [1.165, 1.54) is 0 Å². The van der Waals surface area contributed by atoms with E-state index in [4.69, 9.17) is 16.3 Å². The van der Waals surface area contributed by atoms with Gasteiger partial charge in [0.1, 0.15) is 0 Å². The Hall–Kier alpha value is -2.38. The van der Waals surface area contributed by atoms with E-state index in [1.54, 1.807) is 25.3 Å². The Morgan fingerprint density at radius 1 is 1.21 bits per heavy atom. The van der Waals surface area contributed by atoms with Gasteiger partial charge in [0.2, 0.25) is 0 Å². The van der Waals surface area contributed by atoms with Gasteiger partial charge in [0.15, 0.2) is 5.69 Å². The van der Waals surface area contributed by atoms with Gasteiger partial charge in [-0.2, -0.15) is 5.10 Å². The number of nitrogens with zero attached hydrogens (tertiary/aromatic N) is 2. The second-order valence-electron chi connectivity index (χ2n) is 8.09. The summed E-state index contributed by atoms with van der Waals surface area (Å²) in [7, 11) is 1.56. The molecule has 0 aliphatic rings. The van der Waals surface area contributed by atoms with Crippen LogP contribution in [0.1, 0.15) is 67.1 Å². The molecular weight excluding hydrogens is 392 g/mol. The fraction of sp³-hybridized carbons (Fsp3) is 0.476. The molecule has 2 aromatic rings. The number of carbonyl (C=O) groups is 2. The van der Waals surface area contributed by atoms with Crippen LogP contribution >= 0.6 is 11.6 Å². The normalized spacial score (nSPS) is 11.6. The molecule has 158 valence electrons. The van der Waals surface area contributed by atoms with Gasteiger partial charge in [0.05, 0.1) is 22.7 Å². The lowest BCUT2D eigenvalue weighted by Gasteiger charge is -2.23. The number of benzene rings is 1.